The summed E-state index contributed by atoms with van der Waals surface area (Å²) in [7, 11) is 1.46. The van der Waals surface area contributed by atoms with Crippen molar-refractivity contribution in [3.63, 3.8) is 0 Å². The number of hydrogen-bond donors (Lipinski definition) is 2. The minimum atomic E-state index is -1.07. The molecule has 2 heterocycles. The highest BCUT2D eigenvalue weighted by Crippen LogP contribution is 2.21. The number of carbonyl (C=O) groups excluding carboxylic acids is 2. The van der Waals surface area contributed by atoms with Gasteiger partial charge in [0.2, 0.25) is 5.43 Å². The molecule has 0 unspecified atom stereocenters. The molecule has 9 nitrogen and oxygen atoms in total. The molecule has 0 saturated carbocycles. The fraction of sp³-hybridized carbons (Fsp3) is 0.286. The number of nitrogens with zero attached hydrogens (tertiary/aromatic N) is 3. The van der Waals surface area contributed by atoms with Gasteiger partial charge in [-0.2, -0.15) is 0 Å². The van der Waals surface area contributed by atoms with Gasteiger partial charge >= 0.3 is 0 Å². The quantitative estimate of drug-likeness (QED) is 0.597. The molecular formula is C21H20F2N4O5. The van der Waals surface area contributed by atoms with E-state index in [0.717, 1.165) is 23.0 Å². The molecule has 1 aliphatic rings. The molecule has 0 saturated heterocycles. The summed E-state index contributed by atoms with van der Waals surface area (Å²) in [5.74, 6) is -1.69. The summed E-state index contributed by atoms with van der Waals surface area (Å²) in [5, 5.41) is 14.3. The fourth-order valence-corrected chi connectivity index (χ4v) is 3.19. The lowest BCUT2D eigenvalue weighted by Gasteiger charge is -2.38. The number of nitrogens with one attached hydrogen (secondary N) is 1. The second kappa shape index (κ2) is 9.49. The number of halogens is 2. The van der Waals surface area contributed by atoms with Gasteiger partial charge in [0.1, 0.15) is 23.9 Å². The maximum absolute atomic E-state index is 13.8. The number of carbonyl (C=O) groups is 2. The lowest BCUT2D eigenvalue weighted by Crippen LogP contribution is -2.55. The third kappa shape index (κ3) is 4.40. The van der Waals surface area contributed by atoms with Gasteiger partial charge < -0.3 is 20.1 Å². The summed E-state index contributed by atoms with van der Waals surface area (Å²) in [6.45, 7) is 0.124. The van der Waals surface area contributed by atoms with Crippen LogP contribution in [0.4, 0.5) is 8.78 Å². The first-order valence-electron chi connectivity index (χ1n) is 9.46. The van der Waals surface area contributed by atoms with Gasteiger partial charge in [0.05, 0.1) is 13.2 Å². The number of rotatable bonds is 7. The van der Waals surface area contributed by atoms with E-state index < -0.39 is 40.2 Å². The minimum absolute atomic E-state index is 0.0000417. The molecule has 1 aliphatic heterocycles. The second-order valence-electron chi connectivity index (χ2n) is 6.90. The highest BCUT2D eigenvalue weighted by Gasteiger charge is 2.34. The first-order valence-corrected chi connectivity index (χ1v) is 9.46. The monoisotopic (exact) mass is 446 g/mol. The maximum Gasteiger partial charge on any atom is 0.277 e. The lowest BCUT2D eigenvalue weighted by molar-refractivity contribution is 0.0625. The van der Waals surface area contributed by atoms with E-state index in [1.54, 1.807) is 0 Å². The van der Waals surface area contributed by atoms with Gasteiger partial charge in [-0.25, -0.2) is 8.78 Å². The van der Waals surface area contributed by atoms with Gasteiger partial charge in [-0.15, -0.1) is 6.42 Å². The molecule has 1 aromatic heterocycles. The highest BCUT2D eigenvalue weighted by molar-refractivity contribution is 5.99. The largest absolute Gasteiger partial charge is 0.502 e. The van der Waals surface area contributed by atoms with Gasteiger partial charge in [-0.05, 0) is 6.07 Å². The van der Waals surface area contributed by atoms with E-state index >= 15 is 0 Å². The molecular weight excluding hydrogens is 426 g/mol. The zero-order chi connectivity index (χ0) is 23.4. The van der Waals surface area contributed by atoms with Gasteiger partial charge in [0, 0.05) is 38.0 Å². The van der Waals surface area contributed by atoms with Crippen LogP contribution in [0.3, 0.4) is 0 Å². The SMILES string of the molecule is C#CCN1CN(CCOC)C(=O)c2c(O)c(=O)c(C(=O)NCc3ccc(F)cc3F)cn21. The first kappa shape index (κ1) is 22.8. The molecule has 32 heavy (non-hydrogen) atoms. The third-order valence-electron chi connectivity index (χ3n) is 4.83. The average Bonchev–Trinajstić information content (AvgIpc) is 2.76. The van der Waals surface area contributed by atoms with Crippen LogP contribution in [0.5, 0.6) is 5.75 Å². The molecule has 0 atom stereocenters. The molecule has 1 aromatic carbocycles. The van der Waals surface area contributed by atoms with Crippen LogP contribution in [0.1, 0.15) is 26.4 Å². The summed E-state index contributed by atoms with van der Waals surface area (Å²) in [6, 6.07) is 2.85. The Morgan fingerprint density at radius 3 is 2.75 bits per heavy atom. The summed E-state index contributed by atoms with van der Waals surface area (Å²) < 4.78 is 33.0. The second-order valence-corrected chi connectivity index (χ2v) is 6.90. The number of benzene rings is 1. The molecule has 0 fully saturated rings. The summed E-state index contributed by atoms with van der Waals surface area (Å²) in [5.41, 5.74) is -1.89. The van der Waals surface area contributed by atoms with E-state index in [0.29, 0.717) is 6.07 Å². The number of methoxy groups -OCH3 is 1. The Balaban J connectivity index is 1.94. The summed E-state index contributed by atoms with van der Waals surface area (Å²) >= 11 is 0. The Morgan fingerprint density at radius 1 is 1.34 bits per heavy atom. The van der Waals surface area contributed by atoms with Crippen molar-refractivity contribution in [3.8, 4) is 18.1 Å². The summed E-state index contributed by atoms with van der Waals surface area (Å²) in [4.78, 5) is 39.4. The van der Waals surface area contributed by atoms with Crippen LogP contribution in [0.25, 0.3) is 0 Å². The predicted octanol–water partition coefficient (Wildman–Crippen LogP) is 0.393. The molecule has 11 heteroatoms. The van der Waals surface area contributed by atoms with E-state index in [1.165, 1.54) is 17.0 Å². The summed E-state index contributed by atoms with van der Waals surface area (Å²) in [6.07, 6.45) is 6.49. The van der Waals surface area contributed by atoms with E-state index in [4.69, 9.17) is 11.2 Å². The Bertz CT molecular complexity index is 1160. The van der Waals surface area contributed by atoms with E-state index in [-0.39, 0.29) is 44.2 Å². The smallest absolute Gasteiger partial charge is 0.277 e. The minimum Gasteiger partial charge on any atom is -0.502 e. The van der Waals surface area contributed by atoms with Crippen LogP contribution in [-0.4, -0.2) is 60.0 Å². The molecule has 0 bridgehead atoms. The zero-order valence-corrected chi connectivity index (χ0v) is 17.1. The molecule has 3 rings (SSSR count). The van der Waals surface area contributed by atoms with Crippen LogP contribution in [-0.2, 0) is 11.3 Å². The van der Waals surface area contributed by atoms with Gasteiger partial charge in [0.25, 0.3) is 11.8 Å². The number of amides is 2. The lowest BCUT2D eigenvalue weighted by atomic mass is 10.1. The Hall–Kier alpha value is -3.91. The first-order chi connectivity index (χ1) is 15.3. The van der Waals surface area contributed by atoms with Crippen molar-refractivity contribution in [2.75, 3.05) is 38.5 Å². The molecule has 0 radical (unpaired) electrons. The van der Waals surface area contributed by atoms with Crippen molar-refractivity contribution in [2.24, 2.45) is 0 Å². The molecule has 2 amide bonds. The maximum atomic E-state index is 13.8. The zero-order valence-electron chi connectivity index (χ0n) is 17.1. The molecule has 2 N–H and O–H groups in total. The highest BCUT2D eigenvalue weighted by atomic mass is 19.1. The van der Waals surface area contributed by atoms with E-state index in [1.807, 2.05) is 0 Å². The van der Waals surface area contributed by atoms with Gasteiger partial charge in [0.15, 0.2) is 11.4 Å². The number of aromatic hydroxyl groups is 1. The number of hydrogen-bond acceptors (Lipinski definition) is 6. The number of terminal acetylenes is 1. The normalized spacial score (nSPS) is 13.0. The van der Waals surface area contributed by atoms with Crippen LogP contribution in [0.2, 0.25) is 0 Å². The topological polar surface area (TPSA) is 104 Å². The standard InChI is InChI=1S/C21H20F2N4O5/c1-3-6-26-12-25(7-8-32-2)21(31)17-19(29)18(28)15(11-27(17)26)20(30)24-10-13-4-5-14(22)9-16(13)23/h1,4-5,9,11,29H,6-8,10,12H2,2H3,(H,24,30). The number of pyridine rings is 1. The third-order valence-corrected chi connectivity index (χ3v) is 4.83. The number of ether oxygens (including phenoxy) is 1. The molecule has 168 valence electrons. The molecule has 0 spiro atoms. The van der Waals surface area contributed by atoms with Crippen molar-refractivity contribution in [1.29, 1.82) is 0 Å². The van der Waals surface area contributed by atoms with Crippen molar-refractivity contribution in [3.05, 3.63) is 63.1 Å². The van der Waals surface area contributed by atoms with Crippen LogP contribution >= 0.6 is 0 Å². The van der Waals surface area contributed by atoms with E-state index in [2.05, 4.69) is 11.2 Å². The number of aromatic nitrogens is 1. The number of fused-ring (bicyclic) bond motifs is 1. The fourth-order valence-electron chi connectivity index (χ4n) is 3.19. The Labute approximate surface area is 181 Å². The average molecular weight is 446 g/mol. The van der Waals surface area contributed by atoms with Gasteiger partial charge in [-0.1, -0.05) is 12.0 Å². The Kier molecular flexibility index (Phi) is 6.75. The molecule has 0 aliphatic carbocycles. The van der Waals surface area contributed by atoms with Crippen LogP contribution < -0.4 is 15.8 Å². The molecule has 2 aromatic rings. The predicted molar refractivity (Wildman–Crippen MR) is 110 cm³/mol. The van der Waals surface area contributed by atoms with Gasteiger partial charge in [-0.3, -0.25) is 24.1 Å². The van der Waals surface area contributed by atoms with Crippen molar-refractivity contribution >= 4 is 11.8 Å². The van der Waals surface area contributed by atoms with Crippen molar-refractivity contribution in [1.82, 2.24) is 14.9 Å². The Morgan fingerprint density at radius 2 is 2.09 bits per heavy atom. The van der Waals surface area contributed by atoms with Crippen LogP contribution in [0, 0.1) is 24.0 Å². The van der Waals surface area contributed by atoms with Crippen molar-refractivity contribution in [2.45, 2.75) is 6.54 Å². The van der Waals surface area contributed by atoms with E-state index in [9.17, 15) is 28.3 Å². The van der Waals surface area contributed by atoms with Crippen LogP contribution in [0.15, 0.2) is 29.2 Å². The van der Waals surface area contributed by atoms with Crippen molar-refractivity contribution < 1.29 is 28.2 Å².